The molecular formula is C49H70N16O10. The maximum atomic E-state index is 14.5. The zero-order valence-electron chi connectivity index (χ0n) is 41.9. The Morgan fingerprint density at radius 1 is 0.667 bits per heavy atom. The molecule has 26 nitrogen and oxygen atoms in total. The van der Waals surface area contributed by atoms with E-state index >= 15 is 0 Å². The molecule has 7 atom stereocenters. The third kappa shape index (κ3) is 19.9. The molecule has 0 spiro atoms. The zero-order valence-corrected chi connectivity index (χ0v) is 41.9. The number of nitrogens with zero attached hydrogens (tertiary/aromatic N) is 2. The summed E-state index contributed by atoms with van der Waals surface area (Å²) in [4.78, 5) is 135. The van der Waals surface area contributed by atoms with Crippen LogP contribution >= 0.6 is 0 Å². The molecule has 4 rings (SSSR count). The molecule has 0 aliphatic carbocycles. The number of carbonyl (C=O) groups is 9. The Labute approximate surface area is 432 Å². The summed E-state index contributed by atoms with van der Waals surface area (Å²) in [6, 6.07) is 6.79. The number of rotatable bonds is 32. The molecule has 8 amide bonds. The molecule has 20 N–H and O–H groups in total. The van der Waals surface area contributed by atoms with Crippen LogP contribution in [-0.2, 0) is 62.4 Å². The number of aromatic nitrogens is 3. The van der Waals surface area contributed by atoms with Crippen molar-refractivity contribution < 1.29 is 48.3 Å². The number of carboxylic acids is 1. The number of fused-ring (bicyclic) bond motifs is 1. The largest absolute Gasteiger partial charge is 0.481 e. The van der Waals surface area contributed by atoms with Crippen LogP contribution in [0.4, 0.5) is 0 Å². The second kappa shape index (κ2) is 30.0. The quantitative estimate of drug-likeness (QED) is 0.0132. The fraction of sp³-hybridized carbons (Fsp3) is 0.449. The van der Waals surface area contributed by atoms with Crippen LogP contribution in [0.25, 0.3) is 10.9 Å². The zero-order chi connectivity index (χ0) is 55.0. The Kier molecular flexibility index (Phi) is 23.6. The normalized spacial score (nSPS) is 13.9. The lowest BCUT2D eigenvalue weighted by Gasteiger charge is -2.26. The number of hydrogen-bond acceptors (Lipinski definition) is 13. The SMILES string of the molecule is CC(C)[C@H](NC(=O)[C@H](CC(=O)O)NC(=O)[C@H](CCCCN)NC(=O)CNC(=O)[C@H](Cc1c[nH]c2ccccc12)NC(=O)[C@H](CCCN=C(N)N)NC(=O)[C@@H](Cc1ccccc1)NC(=O)[C@@H](N)Cc1cnc[nH]1)C(N)=O. The molecule has 4 aromatic rings. The van der Waals surface area contributed by atoms with Gasteiger partial charge in [0.15, 0.2) is 5.96 Å². The molecule has 0 saturated carbocycles. The van der Waals surface area contributed by atoms with Crippen molar-refractivity contribution in [1.82, 2.24) is 52.2 Å². The lowest BCUT2D eigenvalue weighted by atomic mass is 10.0. The minimum Gasteiger partial charge on any atom is -0.481 e. The summed E-state index contributed by atoms with van der Waals surface area (Å²) in [6.07, 6.45) is 4.57. The number of nitrogens with two attached hydrogens (primary N) is 5. The van der Waals surface area contributed by atoms with E-state index in [1.807, 2.05) is 6.07 Å². The minimum absolute atomic E-state index is 0.00858. The van der Waals surface area contributed by atoms with E-state index in [0.717, 1.165) is 10.9 Å². The van der Waals surface area contributed by atoms with Crippen LogP contribution in [0.15, 0.2) is 78.3 Å². The number of unbranched alkanes of at least 4 members (excludes halogenated alkanes) is 1. The number of carboxylic acid groups (broad SMARTS) is 1. The van der Waals surface area contributed by atoms with Crippen molar-refractivity contribution in [1.29, 1.82) is 0 Å². The smallest absolute Gasteiger partial charge is 0.305 e. The van der Waals surface area contributed by atoms with E-state index in [4.69, 9.17) is 28.7 Å². The number of aromatic amines is 2. The fourth-order valence-electron chi connectivity index (χ4n) is 7.88. The first-order valence-corrected chi connectivity index (χ1v) is 24.4. The topological polar surface area (TPSA) is 445 Å². The van der Waals surface area contributed by atoms with Crippen LogP contribution in [0, 0.1) is 5.92 Å². The molecule has 0 fully saturated rings. The monoisotopic (exact) mass is 1040 g/mol. The van der Waals surface area contributed by atoms with Gasteiger partial charge < -0.3 is 81.0 Å². The van der Waals surface area contributed by atoms with Crippen LogP contribution < -0.4 is 65.9 Å². The van der Waals surface area contributed by atoms with Crippen molar-refractivity contribution in [2.45, 2.75) is 114 Å². The predicted molar refractivity (Wildman–Crippen MR) is 276 cm³/mol. The summed E-state index contributed by atoms with van der Waals surface area (Å²) in [5, 5.41) is 28.2. The number of aliphatic imine (C=N–C) groups is 1. The molecule has 406 valence electrons. The Bertz CT molecular complexity index is 2590. The number of benzene rings is 2. The average molecular weight is 1040 g/mol. The van der Waals surface area contributed by atoms with Crippen molar-refractivity contribution in [2.75, 3.05) is 19.6 Å². The molecule has 75 heavy (non-hydrogen) atoms. The molecule has 0 radical (unpaired) electrons. The highest BCUT2D eigenvalue weighted by Crippen LogP contribution is 2.20. The summed E-state index contributed by atoms with van der Waals surface area (Å²) < 4.78 is 0. The molecular weight excluding hydrogens is 973 g/mol. The van der Waals surface area contributed by atoms with Crippen molar-refractivity contribution >= 4 is 70.1 Å². The highest BCUT2D eigenvalue weighted by molar-refractivity contribution is 5.98. The molecule has 0 bridgehead atoms. The van der Waals surface area contributed by atoms with Crippen molar-refractivity contribution in [3.05, 3.63) is 90.1 Å². The van der Waals surface area contributed by atoms with E-state index in [1.54, 1.807) is 68.6 Å². The molecule has 2 aromatic heterocycles. The Balaban J connectivity index is 1.58. The lowest BCUT2D eigenvalue weighted by Crippen LogP contribution is -2.59. The van der Waals surface area contributed by atoms with Gasteiger partial charge in [-0.3, -0.25) is 48.1 Å². The van der Waals surface area contributed by atoms with E-state index in [9.17, 15) is 48.3 Å². The van der Waals surface area contributed by atoms with Gasteiger partial charge in [0.1, 0.15) is 36.3 Å². The summed E-state index contributed by atoms with van der Waals surface area (Å²) in [5.74, 6) is -8.87. The number of para-hydroxylation sites is 1. The first-order chi connectivity index (χ1) is 35.8. The number of carbonyl (C=O) groups excluding carboxylic acids is 8. The molecule has 0 unspecified atom stereocenters. The first kappa shape index (κ1) is 59.2. The Morgan fingerprint density at radius 2 is 1.27 bits per heavy atom. The third-order valence-electron chi connectivity index (χ3n) is 11.9. The molecule has 2 heterocycles. The Morgan fingerprint density at radius 3 is 1.91 bits per heavy atom. The summed E-state index contributed by atoms with van der Waals surface area (Å²) in [5.41, 5.74) is 31.0. The molecule has 2 aromatic carbocycles. The maximum absolute atomic E-state index is 14.5. The minimum atomic E-state index is -1.68. The fourth-order valence-corrected chi connectivity index (χ4v) is 7.88. The van der Waals surface area contributed by atoms with Gasteiger partial charge >= 0.3 is 5.97 Å². The van der Waals surface area contributed by atoms with E-state index in [2.05, 4.69) is 57.2 Å². The van der Waals surface area contributed by atoms with Gasteiger partial charge in [-0.1, -0.05) is 62.4 Å². The Hall–Kier alpha value is -8.39. The highest BCUT2D eigenvalue weighted by Gasteiger charge is 2.34. The number of primary amides is 1. The van der Waals surface area contributed by atoms with Crippen LogP contribution in [0.5, 0.6) is 0 Å². The second-order valence-corrected chi connectivity index (χ2v) is 18.2. The highest BCUT2D eigenvalue weighted by atomic mass is 16.4. The van der Waals surface area contributed by atoms with Gasteiger partial charge in [-0.05, 0) is 61.8 Å². The van der Waals surface area contributed by atoms with Crippen LogP contribution in [-0.4, -0.2) is 141 Å². The predicted octanol–water partition coefficient (Wildman–Crippen LogP) is -2.93. The van der Waals surface area contributed by atoms with Crippen LogP contribution in [0.2, 0.25) is 0 Å². The molecule has 26 heteroatoms. The maximum Gasteiger partial charge on any atom is 0.305 e. The van der Waals surface area contributed by atoms with Gasteiger partial charge in [-0.2, -0.15) is 0 Å². The summed E-state index contributed by atoms with van der Waals surface area (Å²) in [7, 11) is 0. The number of imidazole rings is 1. The summed E-state index contributed by atoms with van der Waals surface area (Å²) in [6.45, 7) is 2.79. The van der Waals surface area contributed by atoms with Crippen LogP contribution in [0.3, 0.4) is 0 Å². The third-order valence-corrected chi connectivity index (χ3v) is 11.9. The van der Waals surface area contributed by atoms with Gasteiger partial charge in [-0.15, -0.1) is 0 Å². The molecule has 0 aliphatic rings. The number of amides is 8. The number of aliphatic carboxylic acids is 1. The number of guanidine groups is 1. The van der Waals surface area contributed by atoms with E-state index in [0.29, 0.717) is 29.7 Å². The van der Waals surface area contributed by atoms with Gasteiger partial charge in [-0.25, -0.2) is 4.98 Å². The molecule has 0 saturated heterocycles. The van der Waals surface area contributed by atoms with E-state index < -0.39 is 114 Å². The average Bonchev–Trinajstić information content (AvgIpc) is 4.04. The number of nitrogens with one attached hydrogen (secondary N) is 9. The number of hydrogen-bond donors (Lipinski definition) is 15. The van der Waals surface area contributed by atoms with Gasteiger partial charge in [0.25, 0.3) is 0 Å². The first-order valence-electron chi connectivity index (χ1n) is 24.4. The number of H-pyrrole nitrogens is 2. The van der Waals surface area contributed by atoms with Gasteiger partial charge in [0.2, 0.25) is 47.3 Å². The standard InChI is InChI=1S/C49H70N16O10/c1-27(2)41(42(52)69)65-48(75)38(22-40(67)68)64-45(72)34(15-8-9-17-50)60-39(66)25-58-44(71)37(20-29-23-57-33-14-7-6-13-31(29)33)63-46(73)35(16-10-18-56-49(53)54)61-47(74)36(19-28-11-4-3-5-12-28)62-43(70)32(51)21-30-24-55-26-59-30/h3-7,11-14,23-24,26-27,32,34-38,41,57H,8-10,15-22,25,50-51H2,1-2H3,(H2,52,69)(H,55,59)(H,58,71)(H,60,66)(H,61,74)(H,62,70)(H,63,73)(H,64,72)(H,65,75)(H,67,68)(H4,53,54,56)/t32-,34-,35-,36+,37-,38-,41-/m0/s1. The molecule has 0 aliphatic heterocycles. The van der Waals surface area contributed by atoms with Crippen molar-refractivity contribution in [3.63, 3.8) is 0 Å². The van der Waals surface area contributed by atoms with Crippen LogP contribution in [0.1, 0.15) is 69.2 Å². The van der Waals surface area contributed by atoms with E-state index in [-0.39, 0.29) is 57.6 Å². The van der Waals surface area contributed by atoms with E-state index in [1.165, 1.54) is 12.5 Å². The van der Waals surface area contributed by atoms with Gasteiger partial charge in [0, 0.05) is 54.8 Å². The lowest BCUT2D eigenvalue weighted by molar-refractivity contribution is -0.141. The second-order valence-electron chi connectivity index (χ2n) is 18.2. The van der Waals surface area contributed by atoms with Gasteiger partial charge in [0.05, 0.1) is 25.3 Å². The van der Waals surface area contributed by atoms with Crippen molar-refractivity contribution in [2.24, 2.45) is 39.6 Å². The van der Waals surface area contributed by atoms with Crippen molar-refractivity contribution in [3.8, 4) is 0 Å². The summed E-state index contributed by atoms with van der Waals surface area (Å²) >= 11 is 0.